The molecule has 2 amide bonds. The van der Waals surface area contributed by atoms with Gasteiger partial charge in [0.2, 0.25) is 0 Å². The Hall–Kier alpha value is -2.17. The lowest BCUT2D eigenvalue weighted by molar-refractivity contribution is -0.140. The molecule has 1 saturated heterocycles. The number of amides is 2. The molecule has 0 bridgehead atoms. The lowest BCUT2D eigenvalue weighted by Gasteiger charge is -2.34. The largest absolute Gasteiger partial charge is 0.480 e. The third-order valence-corrected chi connectivity index (χ3v) is 6.72. The lowest BCUT2D eigenvalue weighted by Crippen LogP contribution is -2.57. The van der Waals surface area contributed by atoms with Gasteiger partial charge in [0.05, 0.1) is 0 Å². The zero-order valence-electron chi connectivity index (χ0n) is 15.1. The van der Waals surface area contributed by atoms with Crippen LogP contribution in [-0.2, 0) is 15.0 Å². The average Bonchev–Trinajstić information content (AvgIpc) is 3.38. The van der Waals surface area contributed by atoms with E-state index in [1.165, 1.54) is 4.31 Å². The molecule has 1 aliphatic carbocycles. The van der Waals surface area contributed by atoms with Crippen molar-refractivity contribution in [3.63, 3.8) is 0 Å². The summed E-state index contributed by atoms with van der Waals surface area (Å²) in [5, 5.41) is 12.3. The molecule has 3 N–H and O–H groups in total. The topological polar surface area (TPSA) is 119 Å². The first-order valence-electron chi connectivity index (χ1n) is 8.90. The van der Waals surface area contributed by atoms with Crippen LogP contribution >= 0.6 is 0 Å². The third kappa shape index (κ3) is 3.92. The van der Waals surface area contributed by atoms with Gasteiger partial charge in [0.15, 0.2) is 0 Å². The minimum Gasteiger partial charge on any atom is -0.480 e. The summed E-state index contributed by atoms with van der Waals surface area (Å²) in [4.78, 5) is 25.2. The Kier molecular flexibility index (Phi) is 5.41. The van der Waals surface area contributed by atoms with E-state index in [-0.39, 0.29) is 38.6 Å². The Morgan fingerprint density at radius 2 is 1.81 bits per heavy atom. The van der Waals surface area contributed by atoms with E-state index in [4.69, 9.17) is 0 Å². The summed E-state index contributed by atoms with van der Waals surface area (Å²) in [6, 6.07) is 8.80. The molecule has 0 radical (unpaired) electrons. The van der Waals surface area contributed by atoms with E-state index in [2.05, 4.69) is 10.0 Å². The molecule has 3 rings (SSSR count). The second-order valence-corrected chi connectivity index (χ2v) is 8.44. The first kappa shape index (κ1) is 19.6. The highest BCUT2D eigenvalue weighted by atomic mass is 32.2. The molecule has 27 heavy (non-hydrogen) atoms. The fourth-order valence-corrected chi connectivity index (χ4v) is 4.98. The number of rotatable bonds is 6. The number of piperazine rings is 1. The van der Waals surface area contributed by atoms with Crippen molar-refractivity contribution >= 4 is 22.2 Å². The number of nitrogens with zero attached hydrogens (tertiary/aromatic N) is 2. The Labute approximate surface area is 158 Å². The Morgan fingerprint density at radius 3 is 2.37 bits per heavy atom. The standard InChI is InChI=1S/C17H24N4O5S/c1-2-18-16(24)20-8-10-21(11-9-20)27(25,26)19-17(15(22)23)12-14(17)13-6-4-3-5-7-13/h3-7,14,19H,2,8-12H2,1H3,(H,18,24)(H,22,23)/t14-,17+/m1/s1. The molecule has 1 heterocycles. The zero-order chi connectivity index (χ0) is 19.7. The predicted molar refractivity (Wildman–Crippen MR) is 98.4 cm³/mol. The molecule has 2 atom stereocenters. The quantitative estimate of drug-likeness (QED) is 0.634. The molecule has 0 spiro atoms. The van der Waals surface area contributed by atoms with Crippen LogP contribution < -0.4 is 10.0 Å². The number of hydrogen-bond acceptors (Lipinski definition) is 4. The Balaban J connectivity index is 1.67. The number of carboxylic acid groups (broad SMARTS) is 1. The maximum Gasteiger partial charge on any atom is 0.325 e. The molecule has 0 aromatic heterocycles. The molecule has 2 aliphatic rings. The van der Waals surface area contributed by atoms with Gasteiger partial charge in [-0.1, -0.05) is 30.3 Å². The zero-order valence-corrected chi connectivity index (χ0v) is 15.9. The van der Waals surface area contributed by atoms with Gasteiger partial charge in [-0.25, -0.2) is 4.79 Å². The number of carbonyl (C=O) groups excluding carboxylic acids is 1. The number of aliphatic carboxylic acids is 1. The fourth-order valence-electron chi connectivity index (χ4n) is 3.43. The second-order valence-electron chi connectivity index (χ2n) is 6.77. The maximum atomic E-state index is 12.8. The van der Waals surface area contributed by atoms with Crippen molar-refractivity contribution in [2.24, 2.45) is 0 Å². The SMILES string of the molecule is CCNC(=O)N1CCN(S(=O)(=O)N[C@@]2(C(=O)O)C[C@@H]2c2ccccc2)CC1. The van der Waals surface area contributed by atoms with Gasteiger partial charge in [-0.3, -0.25) is 4.79 Å². The van der Waals surface area contributed by atoms with Crippen molar-refractivity contribution in [3.8, 4) is 0 Å². The third-order valence-electron chi connectivity index (χ3n) is 5.05. The summed E-state index contributed by atoms with van der Waals surface area (Å²) in [6.07, 6.45) is 0.213. The molecule has 10 heteroatoms. The number of benzene rings is 1. The van der Waals surface area contributed by atoms with Crippen molar-refractivity contribution in [1.29, 1.82) is 0 Å². The molecule has 1 aromatic carbocycles. The summed E-state index contributed by atoms with van der Waals surface area (Å²) in [7, 11) is -3.98. The van der Waals surface area contributed by atoms with Crippen molar-refractivity contribution in [2.45, 2.75) is 24.8 Å². The molecular formula is C17H24N4O5S. The van der Waals surface area contributed by atoms with Crippen LogP contribution in [0.2, 0.25) is 0 Å². The summed E-state index contributed by atoms with van der Waals surface area (Å²) in [6.45, 7) is 3.08. The van der Waals surface area contributed by atoms with Crippen molar-refractivity contribution in [2.75, 3.05) is 32.7 Å². The Morgan fingerprint density at radius 1 is 1.19 bits per heavy atom. The minimum atomic E-state index is -3.98. The molecule has 9 nitrogen and oxygen atoms in total. The van der Waals surface area contributed by atoms with Gasteiger partial charge < -0.3 is 15.3 Å². The summed E-state index contributed by atoms with van der Waals surface area (Å²) < 4.78 is 29.1. The van der Waals surface area contributed by atoms with E-state index < -0.39 is 27.6 Å². The Bertz CT molecular complexity index is 808. The summed E-state index contributed by atoms with van der Waals surface area (Å²) >= 11 is 0. The van der Waals surface area contributed by atoms with Gasteiger partial charge in [-0.2, -0.15) is 17.4 Å². The fraction of sp³-hybridized carbons (Fsp3) is 0.529. The highest BCUT2D eigenvalue weighted by molar-refractivity contribution is 7.87. The van der Waals surface area contributed by atoms with Crippen LogP contribution in [0.5, 0.6) is 0 Å². The normalized spacial score (nSPS) is 25.8. The molecule has 1 saturated carbocycles. The van der Waals surface area contributed by atoms with Crippen LogP contribution in [0.4, 0.5) is 4.79 Å². The van der Waals surface area contributed by atoms with Crippen LogP contribution in [0.3, 0.4) is 0 Å². The molecule has 1 aromatic rings. The summed E-state index contributed by atoms with van der Waals surface area (Å²) in [5.41, 5.74) is -0.722. The smallest absolute Gasteiger partial charge is 0.325 e. The lowest BCUT2D eigenvalue weighted by atomic mass is 10.1. The van der Waals surface area contributed by atoms with Gasteiger partial charge in [0.1, 0.15) is 5.54 Å². The van der Waals surface area contributed by atoms with E-state index in [0.717, 1.165) is 5.56 Å². The van der Waals surface area contributed by atoms with E-state index >= 15 is 0 Å². The van der Waals surface area contributed by atoms with Gasteiger partial charge in [-0.15, -0.1) is 0 Å². The van der Waals surface area contributed by atoms with Crippen LogP contribution in [0, 0.1) is 0 Å². The minimum absolute atomic E-state index is 0.123. The first-order valence-corrected chi connectivity index (χ1v) is 10.3. The number of carbonyl (C=O) groups is 2. The number of carboxylic acids is 1. The van der Waals surface area contributed by atoms with Crippen LogP contribution in [0.1, 0.15) is 24.8 Å². The highest BCUT2D eigenvalue weighted by Gasteiger charge is 2.63. The predicted octanol–water partition coefficient (Wildman–Crippen LogP) is 0.179. The molecule has 1 aliphatic heterocycles. The average molecular weight is 396 g/mol. The second kappa shape index (κ2) is 7.45. The van der Waals surface area contributed by atoms with E-state index in [1.54, 1.807) is 29.2 Å². The van der Waals surface area contributed by atoms with Gasteiger partial charge in [0.25, 0.3) is 10.2 Å². The first-order chi connectivity index (χ1) is 12.8. The van der Waals surface area contributed by atoms with Crippen molar-refractivity contribution < 1.29 is 23.1 Å². The van der Waals surface area contributed by atoms with E-state index in [0.29, 0.717) is 6.54 Å². The molecular weight excluding hydrogens is 372 g/mol. The highest BCUT2D eigenvalue weighted by Crippen LogP contribution is 2.52. The molecule has 148 valence electrons. The van der Waals surface area contributed by atoms with Gasteiger partial charge in [0, 0.05) is 38.6 Å². The van der Waals surface area contributed by atoms with Gasteiger partial charge >= 0.3 is 12.0 Å². The molecule has 0 unspecified atom stereocenters. The van der Waals surface area contributed by atoms with Gasteiger partial charge in [-0.05, 0) is 18.9 Å². The maximum absolute atomic E-state index is 12.8. The van der Waals surface area contributed by atoms with Crippen molar-refractivity contribution in [3.05, 3.63) is 35.9 Å². The summed E-state index contributed by atoms with van der Waals surface area (Å²) in [5.74, 6) is -1.58. The van der Waals surface area contributed by atoms with E-state index in [9.17, 15) is 23.1 Å². The number of nitrogens with one attached hydrogen (secondary N) is 2. The van der Waals surface area contributed by atoms with Crippen LogP contribution in [0.25, 0.3) is 0 Å². The van der Waals surface area contributed by atoms with Crippen LogP contribution in [-0.4, -0.2) is 73.0 Å². The number of urea groups is 1. The monoisotopic (exact) mass is 396 g/mol. The van der Waals surface area contributed by atoms with Crippen LogP contribution in [0.15, 0.2) is 30.3 Å². The van der Waals surface area contributed by atoms with Crippen molar-refractivity contribution in [1.82, 2.24) is 19.2 Å². The number of hydrogen-bond donors (Lipinski definition) is 3. The van der Waals surface area contributed by atoms with E-state index in [1.807, 2.05) is 13.0 Å². The molecule has 2 fully saturated rings.